The second-order valence-electron chi connectivity index (χ2n) is 4.19. The summed E-state index contributed by atoms with van der Waals surface area (Å²) in [6.07, 6.45) is 0. The van der Waals surface area contributed by atoms with Gasteiger partial charge in [0.15, 0.2) is 0 Å². The van der Waals surface area contributed by atoms with E-state index in [4.69, 9.17) is 5.11 Å². The molecule has 0 aromatic rings. The Hall–Kier alpha value is -0.710. The standard InChI is InChI=1S/C10H17NO3S/c1-6(2)7(3)9(12)11-5-15-4-8(11)10(13)14/h6-8H,4-5H2,1-3H3,(H,13,14). The van der Waals surface area contributed by atoms with Crippen LogP contribution in [0.15, 0.2) is 0 Å². The van der Waals surface area contributed by atoms with Gasteiger partial charge in [-0.1, -0.05) is 20.8 Å². The van der Waals surface area contributed by atoms with Crippen LogP contribution in [0, 0.1) is 11.8 Å². The lowest BCUT2D eigenvalue weighted by atomic mass is 9.96. The predicted octanol–water partition coefficient (Wildman–Crippen LogP) is 1.26. The Morgan fingerprint density at radius 3 is 2.47 bits per heavy atom. The molecule has 0 bridgehead atoms. The minimum atomic E-state index is -0.899. The van der Waals surface area contributed by atoms with E-state index in [1.165, 1.54) is 16.7 Å². The second-order valence-corrected chi connectivity index (χ2v) is 5.19. The normalized spacial score (nSPS) is 23.2. The van der Waals surface area contributed by atoms with Crippen LogP contribution >= 0.6 is 11.8 Å². The van der Waals surface area contributed by atoms with E-state index < -0.39 is 12.0 Å². The lowest BCUT2D eigenvalue weighted by Gasteiger charge is -2.25. The van der Waals surface area contributed by atoms with E-state index >= 15 is 0 Å². The molecule has 0 radical (unpaired) electrons. The smallest absolute Gasteiger partial charge is 0.327 e. The fourth-order valence-corrected chi connectivity index (χ4v) is 2.57. The Labute approximate surface area is 94.0 Å². The van der Waals surface area contributed by atoms with E-state index in [0.29, 0.717) is 11.6 Å². The van der Waals surface area contributed by atoms with Gasteiger partial charge in [0, 0.05) is 11.7 Å². The van der Waals surface area contributed by atoms with Gasteiger partial charge in [0.25, 0.3) is 0 Å². The van der Waals surface area contributed by atoms with Gasteiger partial charge in [-0.2, -0.15) is 0 Å². The number of hydrogen-bond acceptors (Lipinski definition) is 3. The van der Waals surface area contributed by atoms with Crippen LogP contribution in [0.4, 0.5) is 0 Å². The second kappa shape index (κ2) is 4.88. The van der Waals surface area contributed by atoms with E-state index in [-0.39, 0.29) is 17.7 Å². The van der Waals surface area contributed by atoms with Crippen molar-refractivity contribution in [2.45, 2.75) is 26.8 Å². The van der Waals surface area contributed by atoms with Crippen molar-refractivity contribution in [2.24, 2.45) is 11.8 Å². The van der Waals surface area contributed by atoms with Crippen LogP contribution in [0.1, 0.15) is 20.8 Å². The first-order valence-corrected chi connectivity index (χ1v) is 6.21. The van der Waals surface area contributed by atoms with E-state index in [9.17, 15) is 9.59 Å². The van der Waals surface area contributed by atoms with Crippen molar-refractivity contribution < 1.29 is 14.7 Å². The molecule has 15 heavy (non-hydrogen) atoms. The van der Waals surface area contributed by atoms with Crippen molar-refractivity contribution in [3.63, 3.8) is 0 Å². The number of aliphatic carboxylic acids is 1. The predicted molar refractivity (Wildman–Crippen MR) is 59.6 cm³/mol. The fourth-order valence-electron chi connectivity index (χ4n) is 1.41. The summed E-state index contributed by atoms with van der Waals surface area (Å²) < 4.78 is 0. The van der Waals surface area contributed by atoms with Crippen LogP contribution < -0.4 is 0 Å². The maximum atomic E-state index is 12.0. The van der Waals surface area contributed by atoms with Crippen LogP contribution in [-0.4, -0.2) is 39.6 Å². The Morgan fingerprint density at radius 2 is 2.00 bits per heavy atom. The molecule has 2 unspecified atom stereocenters. The third-order valence-electron chi connectivity index (χ3n) is 2.84. The quantitative estimate of drug-likeness (QED) is 0.794. The summed E-state index contributed by atoms with van der Waals surface area (Å²) in [6.45, 7) is 5.80. The highest BCUT2D eigenvalue weighted by Crippen LogP contribution is 2.25. The van der Waals surface area contributed by atoms with Crippen molar-refractivity contribution in [3.05, 3.63) is 0 Å². The van der Waals surface area contributed by atoms with E-state index in [1.54, 1.807) is 0 Å². The molecule has 5 heteroatoms. The van der Waals surface area contributed by atoms with Gasteiger partial charge in [-0.25, -0.2) is 4.79 Å². The number of rotatable bonds is 3. The van der Waals surface area contributed by atoms with Gasteiger partial charge in [0.2, 0.25) is 5.91 Å². The Balaban J connectivity index is 2.70. The average Bonchev–Trinajstić information content (AvgIpc) is 2.63. The highest BCUT2D eigenvalue weighted by molar-refractivity contribution is 7.99. The van der Waals surface area contributed by atoms with Gasteiger partial charge in [-0.05, 0) is 5.92 Å². The maximum absolute atomic E-state index is 12.0. The van der Waals surface area contributed by atoms with Gasteiger partial charge in [-0.3, -0.25) is 4.79 Å². The molecule has 4 nitrogen and oxygen atoms in total. The summed E-state index contributed by atoms with van der Waals surface area (Å²) in [5.41, 5.74) is 0. The number of carbonyl (C=O) groups is 2. The van der Waals surface area contributed by atoms with Gasteiger partial charge in [0.1, 0.15) is 6.04 Å². The third kappa shape index (κ3) is 2.65. The molecule has 1 aliphatic heterocycles. The first-order chi connectivity index (χ1) is 6.95. The minimum Gasteiger partial charge on any atom is -0.480 e. The molecule has 1 heterocycles. The molecule has 1 saturated heterocycles. The zero-order valence-electron chi connectivity index (χ0n) is 9.27. The van der Waals surface area contributed by atoms with Crippen LogP contribution in [-0.2, 0) is 9.59 Å². The maximum Gasteiger partial charge on any atom is 0.327 e. The molecule has 0 saturated carbocycles. The van der Waals surface area contributed by atoms with Gasteiger partial charge >= 0.3 is 5.97 Å². The summed E-state index contributed by atoms with van der Waals surface area (Å²) in [5.74, 6) is 0.216. The van der Waals surface area contributed by atoms with Gasteiger partial charge < -0.3 is 10.0 Å². The SMILES string of the molecule is CC(C)C(C)C(=O)N1CSCC1C(=O)O. The first-order valence-electron chi connectivity index (χ1n) is 5.06. The van der Waals surface area contributed by atoms with E-state index in [0.717, 1.165) is 0 Å². The number of hydrogen-bond donors (Lipinski definition) is 1. The van der Waals surface area contributed by atoms with Crippen molar-refractivity contribution >= 4 is 23.6 Å². The van der Waals surface area contributed by atoms with Gasteiger partial charge in [0.05, 0.1) is 5.88 Å². The van der Waals surface area contributed by atoms with Crippen LogP contribution in [0.25, 0.3) is 0 Å². The summed E-state index contributed by atoms with van der Waals surface area (Å²) >= 11 is 1.50. The summed E-state index contributed by atoms with van der Waals surface area (Å²) in [7, 11) is 0. The largest absolute Gasteiger partial charge is 0.480 e. The van der Waals surface area contributed by atoms with Crippen molar-refractivity contribution in [1.82, 2.24) is 4.90 Å². The lowest BCUT2D eigenvalue weighted by Crippen LogP contribution is -2.44. The zero-order chi connectivity index (χ0) is 11.6. The summed E-state index contributed by atoms with van der Waals surface area (Å²) in [5, 5.41) is 8.95. The topological polar surface area (TPSA) is 57.6 Å². The number of carbonyl (C=O) groups excluding carboxylic acids is 1. The molecule has 1 rings (SSSR count). The van der Waals surface area contributed by atoms with Crippen LogP contribution in [0.2, 0.25) is 0 Å². The first kappa shape index (κ1) is 12.4. The molecular weight excluding hydrogens is 214 g/mol. The molecule has 1 aliphatic rings. The molecule has 86 valence electrons. The third-order valence-corrected chi connectivity index (χ3v) is 3.85. The number of thioether (sulfide) groups is 1. The molecule has 1 N–H and O–H groups in total. The molecule has 1 amide bonds. The molecule has 0 aromatic heterocycles. The Bertz CT molecular complexity index is 267. The van der Waals surface area contributed by atoms with Crippen LogP contribution in [0.5, 0.6) is 0 Å². The van der Waals surface area contributed by atoms with Crippen molar-refractivity contribution in [2.75, 3.05) is 11.6 Å². The minimum absolute atomic E-state index is 0.0394. The van der Waals surface area contributed by atoms with Crippen molar-refractivity contribution in [3.8, 4) is 0 Å². The Kier molecular flexibility index (Phi) is 4.02. The zero-order valence-corrected chi connectivity index (χ0v) is 10.1. The molecule has 0 aliphatic carbocycles. The highest BCUT2D eigenvalue weighted by atomic mass is 32.2. The van der Waals surface area contributed by atoms with Gasteiger partial charge in [-0.15, -0.1) is 11.8 Å². The molecular formula is C10H17NO3S. The summed E-state index contributed by atoms with van der Waals surface area (Å²) in [4.78, 5) is 24.3. The molecule has 0 spiro atoms. The molecule has 2 atom stereocenters. The number of carboxylic acid groups (broad SMARTS) is 1. The summed E-state index contributed by atoms with van der Waals surface area (Å²) in [6, 6.07) is -0.635. The lowest BCUT2D eigenvalue weighted by molar-refractivity contribution is -0.149. The Morgan fingerprint density at radius 1 is 1.40 bits per heavy atom. The molecule has 0 aromatic carbocycles. The van der Waals surface area contributed by atoms with E-state index in [1.807, 2.05) is 20.8 Å². The van der Waals surface area contributed by atoms with Crippen LogP contribution in [0.3, 0.4) is 0 Å². The highest BCUT2D eigenvalue weighted by Gasteiger charge is 2.36. The number of amides is 1. The van der Waals surface area contributed by atoms with E-state index in [2.05, 4.69) is 0 Å². The van der Waals surface area contributed by atoms with Crippen molar-refractivity contribution in [1.29, 1.82) is 0 Å². The number of nitrogens with zero attached hydrogens (tertiary/aromatic N) is 1. The average molecular weight is 231 g/mol. The molecule has 1 fully saturated rings. The monoisotopic (exact) mass is 231 g/mol. The number of carboxylic acids is 1. The fraction of sp³-hybridized carbons (Fsp3) is 0.800.